The third-order valence-electron chi connectivity index (χ3n) is 4.28. The largest absolute Gasteiger partial charge is 0.497 e. The zero-order chi connectivity index (χ0) is 20.2. The van der Waals surface area contributed by atoms with Crippen molar-refractivity contribution in [1.29, 1.82) is 0 Å². The summed E-state index contributed by atoms with van der Waals surface area (Å²) in [6, 6.07) is 24.4. The summed E-state index contributed by atoms with van der Waals surface area (Å²) in [6.45, 7) is 0. The minimum absolute atomic E-state index is 0.171. The Balaban J connectivity index is 1.74. The fourth-order valence-electron chi connectivity index (χ4n) is 2.85. The molecule has 1 aliphatic heterocycles. The van der Waals surface area contributed by atoms with Gasteiger partial charge in [-0.3, -0.25) is 4.79 Å². The molecule has 4 nitrogen and oxygen atoms in total. The first-order valence-electron chi connectivity index (χ1n) is 8.92. The molecule has 1 aliphatic rings. The molecule has 1 amide bonds. The van der Waals surface area contributed by atoms with Crippen LogP contribution in [0.25, 0.3) is 6.08 Å². The Labute approximate surface area is 178 Å². The average molecular weight is 421 g/mol. The maximum Gasteiger partial charge on any atom is 0.281 e. The van der Waals surface area contributed by atoms with Crippen LogP contribution in [-0.2, 0) is 4.79 Å². The lowest BCUT2D eigenvalue weighted by Gasteiger charge is -2.10. The second kappa shape index (κ2) is 8.55. The predicted molar refractivity (Wildman–Crippen MR) is 120 cm³/mol. The Kier molecular flexibility index (Phi) is 5.69. The minimum atomic E-state index is -0.171. The Morgan fingerprint density at radius 3 is 2.48 bits per heavy atom. The Morgan fingerprint density at radius 2 is 1.76 bits per heavy atom. The van der Waals surface area contributed by atoms with Gasteiger partial charge in [0, 0.05) is 9.92 Å². The van der Waals surface area contributed by atoms with E-state index in [0.29, 0.717) is 15.6 Å². The van der Waals surface area contributed by atoms with Crippen LogP contribution in [0.2, 0.25) is 5.02 Å². The zero-order valence-corrected chi connectivity index (χ0v) is 17.2. The molecule has 3 aromatic carbocycles. The van der Waals surface area contributed by atoms with Crippen LogP contribution in [0.3, 0.4) is 0 Å². The highest BCUT2D eigenvalue weighted by molar-refractivity contribution is 8.14. The zero-order valence-electron chi connectivity index (χ0n) is 15.6. The number of para-hydroxylation sites is 1. The summed E-state index contributed by atoms with van der Waals surface area (Å²) in [5.41, 5.74) is 2.12. The van der Waals surface area contributed by atoms with E-state index in [1.807, 2.05) is 84.9 Å². The molecule has 0 aliphatic carbocycles. The summed E-state index contributed by atoms with van der Waals surface area (Å²) in [6.07, 6.45) is 1.84. The quantitative estimate of drug-likeness (QED) is 0.494. The molecule has 0 radical (unpaired) electrons. The lowest BCUT2D eigenvalue weighted by molar-refractivity contribution is -0.114. The van der Waals surface area contributed by atoms with Crippen LogP contribution in [0.1, 0.15) is 5.56 Å². The number of amides is 1. The van der Waals surface area contributed by atoms with Crippen LogP contribution >= 0.6 is 23.4 Å². The molecule has 3 aromatic rings. The van der Waals surface area contributed by atoms with Crippen molar-refractivity contribution in [3.05, 3.63) is 95.0 Å². The minimum Gasteiger partial charge on any atom is -0.497 e. The van der Waals surface area contributed by atoms with Crippen molar-refractivity contribution < 1.29 is 9.53 Å². The number of hydrogen-bond donors (Lipinski definition) is 0. The second-order valence-electron chi connectivity index (χ2n) is 6.25. The van der Waals surface area contributed by atoms with Gasteiger partial charge >= 0.3 is 0 Å². The summed E-state index contributed by atoms with van der Waals surface area (Å²) in [5.74, 6) is 0.559. The van der Waals surface area contributed by atoms with E-state index in [1.54, 1.807) is 7.11 Å². The molecule has 4 rings (SSSR count). The number of methoxy groups -OCH3 is 1. The highest BCUT2D eigenvalue weighted by atomic mass is 35.5. The van der Waals surface area contributed by atoms with Crippen molar-refractivity contribution in [2.24, 2.45) is 5.10 Å². The third-order valence-corrected chi connectivity index (χ3v) is 5.53. The van der Waals surface area contributed by atoms with Gasteiger partial charge in [0.1, 0.15) is 10.8 Å². The van der Waals surface area contributed by atoms with Gasteiger partial charge in [-0.1, -0.05) is 53.7 Å². The van der Waals surface area contributed by atoms with E-state index in [9.17, 15) is 4.79 Å². The van der Waals surface area contributed by atoms with Crippen LogP contribution in [0.5, 0.6) is 5.75 Å². The molecule has 0 bridgehead atoms. The molecule has 1 heterocycles. The molecule has 0 N–H and O–H groups in total. The van der Waals surface area contributed by atoms with Gasteiger partial charge in [0.15, 0.2) is 0 Å². The van der Waals surface area contributed by atoms with E-state index in [2.05, 4.69) is 5.10 Å². The van der Waals surface area contributed by atoms with Crippen LogP contribution in [0.4, 0.5) is 5.69 Å². The lowest BCUT2D eigenvalue weighted by Crippen LogP contribution is -2.21. The van der Waals surface area contributed by atoms with Crippen LogP contribution < -0.4 is 9.75 Å². The number of benzene rings is 3. The van der Waals surface area contributed by atoms with E-state index in [1.165, 1.54) is 16.8 Å². The van der Waals surface area contributed by atoms with Gasteiger partial charge in [0.2, 0.25) is 0 Å². The van der Waals surface area contributed by atoms with Gasteiger partial charge in [-0.25, -0.2) is 0 Å². The number of carbonyl (C=O) groups is 1. The number of hydrazone groups is 1. The average Bonchev–Trinajstić information content (AvgIpc) is 3.06. The third kappa shape index (κ3) is 4.36. The second-order valence-corrected chi connectivity index (χ2v) is 7.75. The number of halogens is 1. The van der Waals surface area contributed by atoms with E-state index in [0.717, 1.165) is 21.9 Å². The molecular formula is C23H17ClN2O2S. The molecule has 6 heteroatoms. The maximum absolute atomic E-state index is 13.2. The summed E-state index contributed by atoms with van der Waals surface area (Å²) in [7, 11) is 1.62. The van der Waals surface area contributed by atoms with Gasteiger partial charge in [-0.15, -0.1) is 0 Å². The molecule has 0 fully saturated rings. The van der Waals surface area contributed by atoms with Gasteiger partial charge < -0.3 is 4.74 Å². The molecule has 0 unspecified atom stereocenters. The lowest BCUT2D eigenvalue weighted by atomic mass is 10.1. The molecule has 0 saturated heterocycles. The summed E-state index contributed by atoms with van der Waals surface area (Å²) in [5, 5.41) is 7.34. The predicted octanol–water partition coefficient (Wildman–Crippen LogP) is 5.88. The van der Waals surface area contributed by atoms with Gasteiger partial charge in [0.25, 0.3) is 5.91 Å². The Morgan fingerprint density at radius 1 is 1.00 bits per heavy atom. The SMILES string of the molecule is COc1cccc(C=C2C(=O)N(c3ccccc3)N=C2Sc2ccc(Cl)cc2)c1. The van der Waals surface area contributed by atoms with Crippen molar-refractivity contribution in [1.82, 2.24) is 0 Å². The number of carbonyl (C=O) groups excluding carboxylic acids is 1. The van der Waals surface area contributed by atoms with Crippen LogP contribution in [0.15, 0.2) is 94.4 Å². The van der Waals surface area contributed by atoms with E-state index >= 15 is 0 Å². The maximum atomic E-state index is 13.2. The standard InChI is InChI=1S/C23H17ClN2O2S/c1-28-19-9-5-6-16(14-19)15-21-22(29-20-12-10-17(24)11-13-20)25-26(23(21)27)18-7-3-2-4-8-18/h2-15H,1H3. The van der Waals surface area contributed by atoms with Crippen molar-refractivity contribution >= 4 is 46.1 Å². The van der Waals surface area contributed by atoms with E-state index in [4.69, 9.17) is 16.3 Å². The Hall–Kier alpha value is -3.02. The highest BCUT2D eigenvalue weighted by Crippen LogP contribution is 2.33. The molecule has 0 atom stereocenters. The number of ether oxygens (including phenoxy) is 1. The first-order chi connectivity index (χ1) is 14.1. The smallest absolute Gasteiger partial charge is 0.281 e. The molecule has 0 aromatic heterocycles. The number of rotatable bonds is 4. The highest BCUT2D eigenvalue weighted by Gasteiger charge is 2.31. The normalized spacial score (nSPS) is 15.0. The first kappa shape index (κ1) is 19.3. The van der Waals surface area contributed by atoms with Crippen molar-refractivity contribution in [2.45, 2.75) is 4.90 Å². The molecule has 144 valence electrons. The number of anilines is 1. The summed E-state index contributed by atoms with van der Waals surface area (Å²) >= 11 is 7.42. The van der Waals surface area contributed by atoms with E-state index < -0.39 is 0 Å². The van der Waals surface area contributed by atoms with Gasteiger partial charge in [-0.05, 0) is 60.2 Å². The van der Waals surface area contributed by atoms with Crippen LogP contribution in [-0.4, -0.2) is 18.1 Å². The fraction of sp³-hybridized carbons (Fsp3) is 0.0435. The summed E-state index contributed by atoms with van der Waals surface area (Å²) < 4.78 is 5.30. The van der Waals surface area contributed by atoms with Crippen molar-refractivity contribution in [2.75, 3.05) is 12.1 Å². The number of hydrogen-bond acceptors (Lipinski definition) is 4. The van der Waals surface area contributed by atoms with Gasteiger partial charge in [0.05, 0.1) is 18.4 Å². The number of nitrogens with zero attached hydrogens (tertiary/aromatic N) is 2. The fourth-order valence-corrected chi connectivity index (χ4v) is 3.85. The first-order valence-corrected chi connectivity index (χ1v) is 10.1. The molecular weight excluding hydrogens is 404 g/mol. The van der Waals surface area contributed by atoms with E-state index in [-0.39, 0.29) is 5.91 Å². The van der Waals surface area contributed by atoms with Crippen LogP contribution in [0, 0.1) is 0 Å². The van der Waals surface area contributed by atoms with Gasteiger partial charge in [-0.2, -0.15) is 10.1 Å². The van der Waals surface area contributed by atoms with Crippen molar-refractivity contribution in [3.8, 4) is 5.75 Å². The summed E-state index contributed by atoms with van der Waals surface area (Å²) in [4.78, 5) is 14.1. The Bertz CT molecular complexity index is 1100. The monoisotopic (exact) mass is 420 g/mol. The molecule has 0 saturated carbocycles. The number of thioether (sulfide) groups is 1. The molecule has 29 heavy (non-hydrogen) atoms. The topological polar surface area (TPSA) is 41.9 Å². The molecule has 0 spiro atoms. The van der Waals surface area contributed by atoms with Crippen molar-refractivity contribution in [3.63, 3.8) is 0 Å².